The van der Waals surface area contributed by atoms with E-state index in [9.17, 15) is 19.8 Å². The lowest BCUT2D eigenvalue weighted by Crippen LogP contribution is -2.57. The van der Waals surface area contributed by atoms with E-state index in [1.54, 1.807) is 18.1 Å². The van der Waals surface area contributed by atoms with Crippen molar-refractivity contribution >= 4 is 22.8 Å². The van der Waals surface area contributed by atoms with Gasteiger partial charge in [-0.15, -0.1) is 0 Å². The number of carboxylic acid groups (broad SMARTS) is 1. The van der Waals surface area contributed by atoms with Crippen molar-refractivity contribution in [3.8, 4) is 5.75 Å². The maximum absolute atomic E-state index is 13.2. The Morgan fingerprint density at radius 2 is 2.07 bits per heavy atom. The number of hydrogen-bond acceptors (Lipinski definition) is 4. The van der Waals surface area contributed by atoms with E-state index >= 15 is 0 Å². The number of carbonyl (C=O) groups excluding carboxylic acids is 1. The van der Waals surface area contributed by atoms with Crippen LogP contribution >= 0.6 is 0 Å². The van der Waals surface area contributed by atoms with Gasteiger partial charge in [0.05, 0.1) is 13.2 Å². The van der Waals surface area contributed by atoms with Gasteiger partial charge in [-0.05, 0) is 37.1 Å². The third-order valence-electron chi connectivity index (χ3n) is 5.66. The number of methoxy groups -OCH3 is 1. The summed E-state index contributed by atoms with van der Waals surface area (Å²) < 4.78 is 7.05. The lowest BCUT2D eigenvalue weighted by Gasteiger charge is -2.43. The van der Waals surface area contributed by atoms with Gasteiger partial charge in [0.2, 0.25) is 0 Å². The highest BCUT2D eigenvalue weighted by Gasteiger charge is 2.49. The summed E-state index contributed by atoms with van der Waals surface area (Å²) in [6, 6.07) is 7.40. The standard InChI is InChI=1S/C20H26N2O5/c1-4-8-20(19(25)26)12-22(9-7-17(20)23)18(24)16-11-13-10-14(27-3)5-6-15(13)21(16)2/h5-6,10-11,17,23H,4,7-9,12H2,1-3H3,(H,25,26)/t17-,20+/m0/s1. The number of ether oxygens (including phenoxy) is 1. The molecular formula is C20H26N2O5. The summed E-state index contributed by atoms with van der Waals surface area (Å²) in [6.07, 6.45) is 0.269. The van der Waals surface area contributed by atoms with E-state index in [1.165, 1.54) is 0 Å². The van der Waals surface area contributed by atoms with E-state index in [1.807, 2.05) is 36.7 Å². The number of aliphatic carboxylic acids is 1. The average Bonchev–Trinajstić information content (AvgIpc) is 2.98. The Hall–Kier alpha value is -2.54. The molecule has 0 aliphatic carbocycles. The molecule has 0 unspecified atom stereocenters. The maximum Gasteiger partial charge on any atom is 0.314 e. The number of carboxylic acids is 1. The number of likely N-dealkylation sites (tertiary alicyclic amines) is 1. The second kappa shape index (κ2) is 7.23. The lowest BCUT2D eigenvalue weighted by atomic mass is 9.74. The third kappa shape index (κ3) is 3.16. The zero-order valence-corrected chi connectivity index (χ0v) is 15.9. The minimum Gasteiger partial charge on any atom is -0.497 e. The molecule has 1 aliphatic rings. The minimum absolute atomic E-state index is 0.0149. The fourth-order valence-corrected chi connectivity index (χ4v) is 4.08. The smallest absolute Gasteiger partial charge is 0.314 e. The first-order valence-electron chi connectivity index (χ1n) is 9.18. The van der Waals surface area contributed by atoms with Gasteiger partial charge in [-0.25, -0.2) is 0 Å². The molecule has 2 N–H and O–H groups in total. The number of rotatable bonds is 5. The van der Waals surface area contributed by atoms with Crippen LogP contribution in [0.15, 0.2) is 24.3 Å². The van der Waals surface area contributed by atoms with Crippen LogP contribution in [0.25, 0.3) is 10.9 Å². The number of fused-ring (bicyclic) bond motifs is 1. The first kappa shape index (κ1) is 19.2. The summed E-state index contributed by atoms with van der Waals surface area (Å²) in [7, 11) is 3.41. The van der Waals surface area contributed by atoms with Gasteiger partial charge >= 0.3 is 5.97 Å². The van der Waals surface area contributed by atoms with Crippen molar-refractivity contribution in [2.45, 2.75) is 32.3 Å². The van der Waals surface area contributed by atoms with E-state index in [-0.39, 0.29) is 18.9 Å². The zero-order valence-electron chi connectivity index (χ0n) is 15.9. The van der Waals surface area contributed by atoms with Crippen molar-refractivity contribution in [1.82, 2.24) is 9.47 Å². The molecule has 0 saturated carbocycles. The van der Waals surface area contributed by atoms with Gasteiger partial charge < -0.3 is 24.4 Å². The maximum atomic E-state index is 13.2. The van der Waals surface area contributed by atoms with Gasteiger partial charge in [-0.1, -0.05) is 13.3 Å². The minimum atomic E-state index is -1.31. The fraction of sp³-hybridized carbons (Fsp3) is 0.500. The summed E-state index contributed by atoms with van der Waals surface area (Å²) in [5.41, 5.74) is 0.0795. The molecule has 2 aromatic rings. The monoisotopic (exact) mass is 374 g/mol. The van der Waals surface area contributed by atoms with Crippen LogP contribution in [0.3, 0.4) is 0 Å². The molecule has 1 fully saturated rings. The number of hydrogen-bond donors (Lipinski definition) is 2. The van der Waals surface area contributed by atoms with Gasteiger partial charge in [0.25, 0.3) is 5.91 Å². The zero-order chi connectivity index (χ0) is 19.8. The van der Waals surface area contributed by atoms with Crippen molar-refractivity contribution in [3.05, 3.63) is 30.0 Å². The number of nitrogens with zero attached hydrogens (tertiary/aromatic N) is 2. The predicted octanol–water partition coefficient (Wildman–Crippen LogP) is 2.26. The van der Waals surface area contributed by atoms with Crippen LogP contribution in [0, 0.1) is 5.41 Å². The van der Waals surface area contributed by atoms with Crippen LogP contribution in [0.1, 0.15) is 36.7 Å². The van der Waals surface area contributed by atoms with Gasteiger partial charge in [0.15, 0.2) is 0 Å². The fourth-order valence-electron chi connectivity index (χ4n) is 4.08. The van der Waals surface area contributed by atoms with Gasteiger partial charge in [-0.2, -0.15) is 0 Å². The molecule has 27 heavy (non-hydrogen) atoms. The molecule has 1 aromatic carbocycles. The molecule has 1 saturated heterocycles. The van der Waals surface area contributed by atoms with Gasteiger partial charge in [0, 0.05) is 31.0 Å². The highest BCUT2D eigenvalue weighted by atomic mass is 16.5. The second-order valence-electron chi connectivity index (χ2n) is 7.26. The summed E-state index contributed by atoms with van der Waals surface area (Å²) in [5.74, 6) is -0.557. The van der Waals surface area contributed by atoms with E-state index < -0.39 is 17.5 Å². The number of aryl methyl sites for hydroxylation is 1. The Labute approximate surface area is 158 Å². The Morgan fingerprint density at radius 1 is 1.33 bits per heavy atom. The highest BCUT2D eigenvalue weighted by molar-refractivity contribution is 5.99. The number of carbonyl (C=O) groups is 2. The second-order valence-corrected chi connectivity index (χ2v) is 7.26. The molecule has 3 rings (SSSR count). The molecular weight excluding hydrogens is 348 g/mol. The number of amides is 1. The number of piperidine rings is 1. The van der Waals surface area contributed by atoms with Crippen molar-refractivity contribution in [2.75, 3.05) is 20.2 Å². The molecule has 1 aromatic heterocycles. The normalized spacial score (nSPS) is 22.8. The van der Waals surface area contributed by atoms with Crippen molar-refractivity contribution in [1.29, 1.82) is 0 Å². The third-order valence-corrected chi connectivity index (χ3v) is 5.66. The molecule has 7 nitrogen and oxygen atoms in total. The molecule has 1 amide bonds. The van der Waals surface area contributed by atoms with Crippen LogP contribution in [0.4, 0.5) is 0 Å². The summed E-state index contributed by atoms with van der Waals surface area (Å²) >= 11 is 0. The van der Waals surface area contributed by atoms with Crippen molar-refractivity contribution < 1.29 is 24.5 Å². The van der Waals surface area contributed by atoms with Crippen LogP contribution in [-0.2, 0) is 11.8 Å². The highest BCUT2D eigenvalue weighted by Crippen LogP contribution is 2.36. The van der Waals surface area contributed by atoms with Gasteiger partial charge in [0.1, 0.15) is 16.9 Å². The first-order valence-corrected chi connectivity index (χ1v) is 9.18. The Morgan fingerprint density at radius 3 is 2.70 bits per heavy atom. The van der Waals surface area contributed by atoms with E-state index in [2.05, 4.69) is 0 Å². The topological polar surface area (TPSA) is 92.0 Å². The molecule has 7 heteroatoms. The van der Waals surface area contributed by atoms with Crippen LogP contribution < -0.4 is 4.74 Å². The van der Waals surface area contributed by atoms with Crippen LogP contribution in [0.5, 0.6) is 5.75 Å². The average molecular weight is 374 g/mol. The van der Waals surface area contributed by atoms with E-state index in [0.717, 1.165) is 10.9 Å². The van der Waals surface area contributed by atoms with E-state index in [4.69, 9.17) is 4.74 Å². The predicted molar refractivity (Wildman–Crippen MR) is 101 cm³/mol. The van der Waals surface area contributed by atoms with Crippen LogP contribution in [-0.4, -0.2) is 57.9 Å². The Bertz CT molecular complexity index is 875. The molecule has 2 heterocycles. The molecule has 0 spiro atoms. The molecule has 0 bridgehead atoms. The quantitative estimate of drug-likeness (QED) is 0.838. The molecule has 146 valence electrons. The summed E-state index contributed by atoms with van der Waals surface area (Å²) in [6.45, 7) is 2.24. The number of aromatic nitrogens is 1. The van der Waals surface area contributed by atoms with Crippen LogP contribution in [0.2, 0.25) is 0 Å². The Kier molecular flexibility index (Phi) is 5.15. The molecule has 1 aliphatic heterocycles. The van der Waals surface area contributed by atoms with Crippen molar-refractivity contribution in [3.63, 3.8) is 0 Å². The first-order chi connectivity index (χ1) is 12.8. The van der Waals surface area contributed by atoms with Gasteiger partial charge in [-0.3, -0.25) is 9.59 Å². The number of aliphatic hydroxyl groups is 1. The van der Waals surface area contributed by atoms with E-state index in [0.29, 0.717) is 30.8 Å². The largest absolute Gasteiger partial charge is 0.497 e. The number of benzene rings is 1. The molecule has 0 radical (unpaired) electrons. The lowest BCUT2D eigenvalue weighted by molar-refractivity contribution is -0.162. The van der Waals surface area contributed by atoms with Crippen molar-refractivity contribution in [2.24, 2.45) is 12.5 Å². The molecule has 2 atom stereocenters. The summed E-state index contributed by atoms with van der Waals surface area (Å²) in [4.78, 5) is 26.7. The number of aliphatic hydroxyl groups excluding tert-OH is 1. The Balaban J connectivity index is 1.94. The summed E-state index contributed by atoms with van der Waals surface area (Å²) in [5, 5.41) is 21.0. The SMILES string of the molecule is CCC[C@@]1(C(=O)O)CN(C(=O)c2cc3cc(OC)ccc3n2C)CC[C@@H]1O.